The van der Waals surface area contributed by atoms with E-state index in [-0.39, 0.29) is 12.0 Å². The highest BCUT2D eigenvalue weighted by Crippen LogP contribution is 2.07. The van der Waals surface area contributed by atoms with E-state index in [1.54, 1.807) is 11.0 Å². The van der Waals surface area contributed by atoms with Crippen LogP contribution < -0.4 is 5.32 Å². The molecule has 1 unspecified atom stereocenters. The van der Waals surface area contributed by atoms with Crippen molar-refractivity contribution in [3.8, 4) is 0 Å². The van der Waals surface area contributed by atoms with Crippen LogP contribution in [0.4, 0.5) is 0 Å². The summed E-state index contributed by atoms with van der Waals surface area (Å²) in [6.45, 7) is 12.8. The van der Waals surface area contributed by atoms with E-state index in [1.807, 2.05) is 26.8 Å². The van der Waals surface area contributed by atoms with Crippen LogP contribution in [0.5, 0.6) is 0 Å². The summed E-state index contributed by atoms with van der Waals surface area (Å²) in [6, 6.07) is 0. The Morgan fingerprint density at radius 1 is 1.45 bits per heavy atom. The topological polar surface area (TPSA) is 69.6 Å². The largest absolute Gasteiger partial charge is 0.391 e. The predicted molar refractivity (Wildman–Crippen MR) is 82.2 cm³/mol. The van der Waals surface area contributed by atoms with Crippen molar-refractivity contribution in [2.75, 3.05) is 19.6 Å². The van der Waals surface area contributed by atoms with Crippen molar-refractivity contribution in [2.24, 2.45) is 0 Å². The molecule has 5 nitrogen and oxygen atoms in total. The van der Waals surface area contributed by atoms with Crippen molar-refractivity contribution in [2.45, 2.75) is 40.2 Å². The monoisotopic (exact) mass is 284 g/mol. The Hall–Kier alpha value is -1.62. The molecule has 1 rings (SSSR count). The summed E-state index contributed by atoms with van der Waals surface area (Å²) in [4.78, 5) is 22.0. The number of carbonyl (C=O) groups excluding carboxylic acids is 2. The van der Waals surface area contributed by atoms with Gasteiger partial charge in [0.05, 0.1) is 6.10 Å². The average molecular weight is 284 g/mol. The van der Waals surface area contributed by atoms with Crippen LogP contribution in [0.3, 0.4) is 0 Å². The Morgan fingerprint density at radius 2 is 2.05 bits per heavy atom. The van der Waals surface area contributed by atoms with E-state index in [4.69, 9.17) is 5.11 Å². The highest BCUT2D eigenvalue weighted by molar-refractivity contribution is 5.73. The van der Waals surface area contributed by atoms with Crippen LogP contribution in [0, 0.1) is 0 Å². The highest BCUT2D eigenvalue weighted by atomic mass is 16.3. The number of amides is 2. The second-order valence-corrected chi connectivity index (χ2v) is 4.16. The van der Waals surface area contributed by atoms with Gasteiger partial charge in [-0.3, -0.25) is 9.59 Å². The Bertz CT molecular complexity index is 314. The molecule has 20 heavy (non-hydrogen) atoms. The van der Waals surface area contributed by atoms with Gasteiger partial charge in [0.15, 0.2) is 0 Å². The summed E-state index contributed by atoms with van der Waals surface area (Å²) < 4.78 is 0. The molecule has 0 aliphatic carbocycles. The number of carbonyl (C=O) groups is 2. The van der Waals surface area contributed by atoms with Crippen LogP contribution in [0.15, 0.2) is 24.3 Å². The SMILES string of the molecule is C=C/C=C(\C)CNC=O.CC.CC(=O)N1CCC(O)C1. The molecule has 0 radical (unpaired) electrons. The van der Waals surface area contributed by atoms with Crippen LogP contribution in [0.2, 0.25) is 0 Å². The smallest absolute Gasteiger partial charge is 0.219 e. The van der Waals surface area contributed by atoms with E-state index >= 15 is 0 Å². The Kier molecular flexibility index (Phi) is 14.3. The number of aliphatic hydroxyl groups excluding tert-OH is 1. The number of likely N-dealkylation sites (tertiary alicyclic amines) is 1. The van der Waals surface area contributed by atoms with E-state index in [9.17, 15) is 9.59 Å². The number of hydrogen-bond donors (Lipinski definition) is 2. The van der Waals surface area contributed by atoms with Gasteiger partial charge in [0, 0.05) is 26.6 Å². The van der Waals surface area contributed by atoms with Crippen molar-refractivity contribution in [1.29, 1.82) is 0 Å². The fourth-order valence-corrected chi connectivity index (χ4v) is 1.49. The Labute approximate surface area is 122 Å². The first kappa shape index (κ1) is 20.7. The molecule has 2 amide bonds. The van der Waals surface area contributed by atoms with E-state index in [0.717, 1.165) is 18.5 Å². The summed E-state index contributed by atoms with van der Waals surface area (Å²) in [6.07, 6.45) is 4.69. The maximum Gasteiger partial charge on any atom is 0.219 e. The van der Waals surface area contributed by atoms with Crippen LogP contribution in [0.1, 0.15) is 34.1 Å². The van der Waals surface area contributed by atoms with E-state index < -0.39 is 0 Å². The molecule has 0 saturated carbocycles. The second-order valence-electron chi connectivity index (χ2n) is 4.16. The number of β-amino-alcohol motifs (C(OH)–C–C–N with tert-alkyl or cyclic N) is 1. The van der Waals surface area contributed by atoms with E-state index in [2.05, 4.69) is 11.9 Å². The molecule has 1 atom stereocenters. The predicted octanol–water partition coefficient (Wildman–Crippen LogP) is 1.49. The second kappa shape index (κ2) is 13.8. The lowest BCUT2D eigenvalue weighted by molar-refractivity contribution is -0.128. The third kappa shape index (κ3) is 11.5. The standard InChI is InChI=1S/C7H11NO.C6H11NO2.C2H6/c1-3-4-7(2)5-8-6-9;1-5(8)7-3-2-6(9)4-7;1-2/h3-4,6H,1,5H2,2H3,(H,8,9);6,9H,2-4H2,1H3;1-2H3/b7-4+;;. The first-order valence-corrected chi connectivity index (χ1v) is 6.90. The van der Waals surface area contributed by atoms with Crippen LogP contribution in [0.25, 0.3) is 0 Å². The van der Waals surface area contributed by atoms with Crippen molar-refractivity contribution >= 4 is 12.3 Å². The summed E-state index contributed by atoms with van der Waals surface area (Å²) in [5, 5.41) is 11.5. The van der Waals surface area contributed by atoms with Crippen molar-refractivity contribution in [3.05, 3.63) is 24.3 Å². The highest BCUT2D eigenvalue weighted by Gasteiger charge is 2.21. The Balaban J connectivity index is 0. The molecule has 2 N–H and O–H groups in total. The molecule has 1 aliphatic heterocycles. The number of nitrogens with one attached hydrogen (secondary N) is 1. The summed E-state index contributed by atoms with van der Waals surface area (Å²) in [5.41, 5.74) is 1.09. The molecular weight excluding hydrogens is 256 g/mol. The fraction of sp³-hybridized carbons (Fsp3) is 0.600. The third-order valence-electron chi connectivity index (χ3n) is 2.48. The van der Waals surface area contributed by atoms with E-state index in [1.165, 1.54) is 6.92 Å². The number of aliphatic hydroxyl groups is 1. The molecular formula is C15H28N2O3. The molecule has 1 aliphatic rings. The molecule has 5 heteroatoms. The molecule has 0 aromatic rings. The quantitative estimate of drug-likeness (QED) is 0.607. The van der Waals surface area contributed by atoms with Crippen molar-refractivity contribution in [3.63, 3.8) is 0 Å². The molecule has 0 aromatic heterocycles. The average Bonchev–Trinajstić information content (AvgIpc) is 2.87. The number of rotatable bonds is 4. The molecule has 0 aromatic carbocycles. The van der Waals surface area contributed by atoms with Crippen LogP contribution in [-0.4, -0.2) is 48.1 Å². The Morgan fingerprint density at radius 3 is 2.35 bits per heavy atom. The van der Waals surface area contributed by atoms with Gasteiger partial charge in [0.2, 0.25) is 12.3 Å². The van der Waals surface area contributed by atoms with Gasteiger partial charge in [-0.05, 0) is 13.3 Å². The van der Waals surface area contributed by atoms with Gasteiger partial charge in [0.25, 0.3) is 0 Å². The zero-order valence-electron chi connectivity index (χ0n) is 13.1. The minimum absolute atomic E-state index is 0.0616. The van der Waals surface area contributed by atoms with Gasteiger partial charge in [-0.1, -0.05) is 38.2 Å². The maximum absolute atomic E-state index is 10.6. The number of nitrogens with zero attached hydrogens (tertiary/aromatic N) is 1. The molecule has 1 fully saturated rings. The number of hydrogen-bond acceptors (Lipinski definition) is 3. The summed E-state index contributed by atoms with van der Waals surface area (Å²) >= 11 is 0. The molecule has 116 valence electrons. The maximum atomic E-state index is 10.6. The van der Waals surface area contributed by atoms with Crippen molar-refractivity contribution in [1.82, 2.24) is 10.2 Å². The minimum atomic E-state index is -0.283. The van der Waals surface area contributed by atoms with Gasteiger partial charge >= 0.3 is 0 Å². The normalized spacial score (nSPS) is 17.1. The molecule has 1 heterocycles. The molecule has 0 spiro atoms. The number of allylic oxidation sites excluding steroid dienone is 2. The van der Waals surface area contributed by atoms with Gasteiger partial charge < -0.3 is 15.3 Å². The summed E-state index contributed by atoms with van der Waals surface area (Å²) in [5.74, 6) is 0.0616. The van der Waals surface area contributed by atoms with Gasteiger partial charge in [0.1, 0.15) is 0 Å². The van der Waals surface area contributed by atoms with Gasteiger partial charge in [-0.15, -0.1) is 0 Å². The summed E-state index contributed by atoms with van der Waals surface area (Å²) in [7, 11) is 0. The minimum Gasteiger partial charge on any atom is -0.391 e. The first-order valence-electron chi connectivity index (χ1n) is 6.90. The van der Waals surface area contributed by atoms with Crippen LogP contribution in [-0.2, 0) is 9.59 Å². The van der Waals surface area contributed by atoms with Gasteiger partial charge in [-0.2, -0.15) is 0 Å². The third-order valence-corrected chi connectivity index (χ3v) is 2.48. The zero-order valence-corrected chi connectivity index (χ0v) is 13.1. The van der Waals surface area contributed by atoms with Crippen LogP contribution >= 0.6 is 0 Å². The lowest BCUT2D eigenvalue weighted by Crippen LogP contribution is -2.26. The fourth-order valence-electron chi connectivity index (χ4n) is 1.49. The van der Waals surface area contributed by atoms with Gasteiger partial charge in [-0.25, -0.2) is 0 Å². The molecule has 0 bridgehead atoms. The zero-order chi connectivity index (χ0) is 16.0. The lowest BCUT2D eigenvalue weighted by Gasteiger charge is -2.10. The first-order chi connectivity index (χ1) is 9.51. The van der Waals surface area contributed by atoms with Crippen molar-refractivity contribution < 1.29 is 14.7 Å². The molecule has 1 saturated heterocycles. The lowest BCUT2D eigenvalue weighted by atomic mass is 10.3. The van der Waals surface area contributed by atoms with E-state index in [0.29, 0.717) is 19.5 Å².